The molecule has 19 heavy (non-hydrogen) atoms. The Bertz CT molecular complexity index is 494. The van der Waals surface area contributed by atoms with Crippen molar-refractivity contribution in [1.82, 2.24) is 15.1 Å². The van der Waals surface area contributed by atoms with Crippen LogP contribution in [0.15, 0.2) is 11.2 Å². The lowest BCUT2D eigenvalue weighted by molar-refractivity contribution is 0.0915. The molecule has 0 saturated carbocycles. The standard InChI is InChI=1S/C12H21N5O2/c1-5-8-7-9(17(4)15-8)10(18)14-12(3,6-2)11(13)16-19/h7,19H,5-6H2,1-4H3,(H2,13,16)(H,14,18). The van der Waals surface area contributed by atoms with Gasteiger partial charge in [-0.2, -0.15) is 5.10 Å². The number of hydrogen-bond donors (Lipinski definition) is 3. The summed E-state index contributed by atoms with van der Waals surface area (Å²) in [6, 6.07) is 1.73. The van der Waals surface area contributed by atoms with E-state index >= 15 is 0 Å². The van der Waals surface area contributed by atoms with Crippen LogP contribution < -0.4 is 11.1 Å². The number of rotatable bonds is 5. The molecule has 0 fully saturated rings. The number of carbonyl (C=O) groups is 1. The molecule has 1 amide bonds. The van der Waals surface area contributed by atoms with Gasteiger partial charge in [-0.3, -0.25) is 9.48 Å². The van der Waals surface area contributed by atoms with Crippen molar-refractivity contribution in [3.05, 3.63) is 17.5 Å². The zero-order chi connectivity index (χ0) is 14.6. The average Bonchev–Trinajstić information content (AvgIpc) is 2.78. The fraction of sp³-hybridized carbons (Fsp3) is 0.583. The molecule has 0 aliphatic rings. The number of nitrogens with zero attached hydrogens (tertiary/aromatic N) is 3. The van der Waals surface area contributed by atoms with Gasteiger partial charge in [-0.25, -0.2) is 0 Å². The third-order valence-corrected chi connectivity index (χ3v) is 3.29. The van der Waals surface area contributed by atoms with Gasteiger partial charge in [0.05, 0.1) is 11.2 Å². The largest absolute Gasteiger partial charge is 0.409 e. The molecule has 0 aromatic carbocycles. The lowest BCUT2D eigenvalue weighted by Crippen LogP contribution is -2.55. The second-order valence-electron chi connectivity index (χ2n) is 4.62. The Labute approximate surface area is 112 Å². The molecule has 7 nitrogen and oxygen atoms in total. The van der Waals surface area contributed by atoms with E-state index in [1.807, 2.05) is 13.8 Å². The average molecular weight is 267 g/mol. The van der Waals surface area contributed by atoms with Crippen molar-refractivity contribution in [1.29, 1.82) is 0 Å². The number of amides is 1. The number of hydrogen-bond acceptors (Lipinski definition) is 4. The van der Waals surface area contributed by atoms with E-state index in [1.165, 1.54) is 4.68 Å². The van der Waals surface area contributed by atoms with Gasteiger partial charge in [0.2, 0.25) is 0 Å². The van der Waals surface area contributed by atoms with Crippen molar-refractivity contribution in [2.24, 2.45) is 17.9 Å². The summed E-state index contributed by atoms with van der Waals surface area (Å²) in [6.07, 6.45) is 1.26. The van der Waals surface area contributed by atoms with E-state index in [0.717, 1.165) is 12.1 Å². The first kappa shape index (κ1) is 15.0. The highest BCUT2D eigenvalue weighted by molar-refractivity contribution is 5.99. The molecule has 7 heteroatoms. The Hall–Kier alpha value is -2.05. The van der Waals surface area contributed by atoms with Gasteiger partial charge in [0.1, 0.15) is 5.69 Å². The molecule has 0 aliphatic heterocycles. The van der Waals surface area contributed by atoms with E-state index in [-0.39, 0.29) is 11.7 Å². The van der Waals surface area contributed by atoms with Gasteiger partial charge in [0.25, 0.3) is 5.91 Å². The van der Waals surface area contributed by atoms with Crippen LogP contribution in [0.2, 0.25) is 0 Å². The molecule has 1 heterocycles. The third kappa shape index (κ3) is 3.04. The molecule has 4 N–H and O–H groups in total. The first-order valence-corrected chi connectivity index (χ1v) is 6.21. The number of oxime groups is 1. The molecule has 1 aromatic rings. The van der Waals surface area contributed by atoms with Crippen molar-refractivity contribution in [3.8, 4) is 0 Å². The predicted octanol–water partition coefficient (Wildman–Crippen LogP) is 0.627. The number of aromatic nitrogens is 2. The van der Waals surface area contributed by atoms with Crippen LogP contribution in [0.5, 0.6) is 0 Å². The molecule has 0 spiro atoms. The first-order valence-electron chi connectivity index (χ1n) is 6.21. The summed E-state index contributed by atoms with van der Waals surface area (Å²) in [5, 5.41) is 18.7. The van der Waals surface area contributed by atoms with Crippen LogP contribution in [0, 0.1) is 0 Å². The van der Waals surface area contributed by atoms with Crippen LogP contribution in [0.4, 0.5) is 0 Å². The summed E-state index contributed by atoms with van der Waals surface area (Å²) in [7, 11) is 1.71. The fourth-order valence-corrected chi connectivity index (χ4v) is 1.67. The van der Waals surface area contributed by atoms with E-state index in [9.17, 15) is 4.79 Å². The lowest BCUT2D eigenvalue weighted by Gasteiger charge is -2.27. The summed E-state index contributed by atoms with van der Waals surface area (Å²) in [6.45, 7) is 5.52. The van der Waals surface area contributed by atoms with Crippen LogP contribution >= 0.6 is 0 Å². The van der Waals surface area contributed by atoms with Gasteiger partial charge >= 0.3 is 0 Å². The predicted molar refractivity (Wildman–Crippen MR) is 72.2 cm³/mol. The van der Waals surface area contributed by atoms with Gasteiger partial charge in [0, 0.05) is 7.05 Å². The van der Waals surface area contributed by atoms with E-state index in [0.29, 0.717) is 12.1 Å². The molecule has 0 aliphatic carbocycles. The first-order chi connectivity index (χ1) is 8.87. The fourth-order valence-electron chi connectivity index (χ4n) is 1.67. The van der Waals surface area contributed by atoms with E-state index < -0.39 is 5.54 Å². The van der Waals surface area contributed by atoms with Gasteiger partial charge in [-0.15, -0.1) is 0 Å². The van der Waals surface area contributed by atoms with Crippen molar-refractivity contribution >= 4 is 11.7 Å². The molecule has 0 saturated heterocycles. The molecule has 0 radical (unpaired) electrons. The lowest BCUT2D eigenvalue weighted by atomic mass is 9.97. The van der Waals surface area contributed by atoms with Crippen molar-refractivity contribution in [2.75, 3.05) is 0 Å². The monoisotopic (exact) mass is 267 g/mol. The number of aryl methyl sites for hydroxylation is 2. The zero-order valence-corrected chi connectivity index (χ0v) is 11.8. The Kier molecular flexibility index (Phi) is 4.52. The summed E-state index contributed by atoms with van der Waals surface area (Å²) < 4.78 is 1.52. The van der Waals surface area contributed by atoms with Crippen molar-refractivity contribution < 1.29 is 10.0 Å². The Balaban J connectivity index is 2.98. The van der Waals surface area contributed by atoms with Crippen LogP contribution in [-0.4, -0.2) is 32.3 Å². The minimum atomic E-state index is -0.886. The Morgan fingerprint density at radius 1 is 1.63 bits per heavy atom. The number of nitrogens with two attached hydrogens (primary N) is 1. The maximum absolute atomic E-state index is 12.2. The molecule has 1 aromatic heterocycles. The zero-order valence-electron chi connectivity index (χ0n) is 11.8. The highest BCUT2D eigenvalue weighted by Gasteiger charge is 2.30. The molecular weight excluding hydrogens is 246 g/mol. The van der Waals surface area contributed by atoms with E-state index in [1.54, 1.807) is 20.0 Å². The maximum atomic E-state index is 12.2. The van der Waals surface area contributed by atoms with Gasteiger partial charge in [0.15, 0.2) is 5.84 Å². The Morgan fingerprint density at radius 3 is 2.68 bits per heavy atom. The maximum Gasteiger partial charge on any atom is 0.270 e. The smallest absolute Gasteiger partial charge is 0.270 e. The second kappa shape index (κ2) is 5.73. The molecule has 1 unspecified atom stereocenters. The molecule has 106 valence electrons. The molecule has 1 rings (SSSR count). The quantitative estimate of drug-likeness (QED) is 0.315. The molecule has 1 atom stereocenters. The van der Waals surface area contributed by atoms with Crippen LogP contribution in [0.25, 0.3) is 0 Å². The normalized spacial score (nSPS) is 15.1. The van der Waals surface area contributed by atoms with Crippen LogP contribution in [0.1, 0.15) is 43.4 Å². The minimum Gasteiger partial charge on any atom is -0.409 e. The topological polar surface area (TPSA) is 106 Å². The van der Waals surface area contributed by atoms with Gasteiger partial charge in [-0.05, 0) is 25.8 Å². The SMILES string of the molecule is CCc1cc(C(=O)NC(C)(CC)C(N)=NO)n(C)n1. The minimum absolute atomic E-state index is 0.0266. The van der Waals surface area contributed by atoms with Crippen LogP contribution in [-0.2, 0) is 13.5 Å². The molecule has 0 bridgehead atoms. The summed E-state index contributed by atoms with van der Waals surface area (Å²) in [5.41, 5.74) is 6.02. The summed E-state index contributed by atoms with van der Waals surface area (Å²) >= 11 is 0. The summed E-state index contributed by atoms with van der Waals surface area (Å²) in [5.74, 6) is -0.327. The molecular formula is C12H21N5O2. The Morgan fingerprint density at radius 2 is 2.26 bits per heavy atom. The number of nitrogens with one attached hydrogen (secondary N) is 1. The highest BCUT2D eigenvalue weighted by atomic mass is 16.4. The van der Waals surface area contributed by atoms with Gasteiger partial charge < -0.3 is 16.3 Å². The van der Waals surface area contributed by atoms with Crippen molar-refractivity contribution in [2.45, 2.75) is 39.2 Å². The van der Waals surface area contributed by atoms with Gasteiger partial charge in [-0.1, -0.05) is 19.0 Å². The van der Waals surface area contributed by atoms with E-state index in [4.69, 9.17) is 10.9 Å². The number of amidine groups is 1. The highest BCUT2D eigenvalue weighted by Crippen LogP contribution is 2.12. The van der Waals surface area contributed by atoms with Crippen molar-refractivity contribution in [3.63, 3.8) is 0 Å². The summed E-state index contributed by atoms with van der Waals surface area (Å²) in [4.78, 5) is 12.2. The van der Waals surface area contributed by atoms with Crippen LogP contribution in [0.3, 0.4) is 0 Å². The van der Waals surface area contributed by atoms with E-state index in [2.05, 4.69) is 15.6 Å². The second-order valence-corrected chi connectivity index (χ2v) is 4.62. The third-order valence-electron chi connectivity index (χ3n) is 3.29. The number of carbonyl (C=O) groups excluding carboxylic acids is 1.